The number of carbonyl (C=O) groups is 1. The predicted octanol–water partition coefficient (Wildman–Crippen LogP) is 2.50. The summed E-state index contributed by atoms with van der Waals surface area (Å²) >= 11 is 0. The van der Waals surface area contributed by atoms with Gasteiger partial charge in [0.1, 0.15) is 5.69 Å². The average molecular weight is 358 g/mol. The molecule has 26 heavy (non-hydrogen) atoms. The number of likely N-dealkylation sites (tertiary alicyclic amines) is 1. The van der Waals surface area contributed by atoms with Gasteiger partial charge in [0.15, 0.2) is 5.82 Å². The fraction of sp³-hybridized carbons (Fsp3) is 0.632. The minimum absolute atomic E-state index is 0.0663. The van der Waals surface area contributed by atoms with Gasteiger partial charge in [-0.15, -0.1) is 0 Å². The summed E-state index contributed by atoms with van der Waals surface area (Å²) in [4.78, 5) is 19.5. The van der Waals surface area contributed by atoms with Crippen LogP contribution < -0.4 is 0 Å². The number of amides is 1. The molecule has 2 aromatic rings. The molecule has 0 aliphatic carbocycles. The Bertz CT molecular complexity index is 777. The lowest BCUT2D eigenvalue weighted by Gasteiger charge is -2.38. The van der Waals surface area contributed by atoms with Gasteiger partial charge in [-0.2, -0.15) is 4.98 Å². The molecule has 7 nitrogen and oxygen atoms in total. The zero-order valence-corrected chi connectivity index (χ0v) is 15.5. The topological polar surface area (TPSA) is 73.4 Å². The Hall–Kier alpha value is -2.15. The fourth-order valence-electron chi connectivity index (χ4n) is 4.03. The van der Waals surface area contributed by atoms with E-state index in [4.69, 9.17) is 14.2 Å². The molecule has 2 aliphatic rings. The molecule has 0 radical (unpaired) electrons. The van der Waals surface area contributed by atoms with Crippen molar-refractivity contribution in [1.82, 2.24) is 19.6 Å². The summed E-state index contributed by atoms with van der Waals surface area (Å²) in [5.41, 5.74) is 0.441. The summed E-state index contributed by atoms with van der Waals surface area (Å²) in [6.07, 6.45) is 5.65. The molecule has 1 unspecified atom stereocenters. The van der Waals surface area contributed by atoms with E-state index < -0.39 is 0 Å². The maximum atomic E-state index is 12.9. The second-order valence-corrected chi connectivity index (χ2v) is 7.74. The lowest BCUT2D eigenvalue weighted by Crippen LogP contribution is -2.48. The number of aryl methyl sites for hydroxylation is 1. The summed E-state index contributed by atoms with van der Waals surface area (Å²) in [6, 6.07) is 3.77. The van der Waals surface area contributed by atoms with Gasteiger partial charge in [-0.25, -0.2) is 0 Å². The van der Waals surface area contributed by atoms with Crippen molar-refractivity contribution >= 4 is 5.91 Å². The summed E-state index contributed by atoms with van der Waals surface area (Å²) in [5.74, 6) is 1.80. The number of hydrogen-bond acceptors (Lipinski definition) is 5. The number of aromatic nitrogens is 3. The molecule has 7 heteroatoms. The minimum Gasteiger partial charge on any atom is -0.381 e. The van der Waals surface area contributed by atoms with E-state index in [-0.39, 0.29) is 11.3 Å². The van der Waals surface area contributed by atoms with Crippen molar-refractivity contribution in [2.45, 2.75) is 43.9 Å². The Morgan fingerprint density at radius 2 is 2.15 bits per heavy atom. The minimum atomic E-state index is -0.272. The third-order valence-electron chi connectivity index (χ3n) is 5.70. The van der Waals surface area contributed by atoms with E-state index in [0.29, 0.717) is 18.2 Å². The highest BCUT2D eigenvalue weighted by Crippen LogP contribution is 2.34. The SMILES string of the molecule is Cn1cccc1C(=O)N1CCCC(C)(c2noc(C3CCOCC3)n2)C1. The van der Waals surface area contributed by atoms with E-state index in [0.717, 1.165) is 57.2 Å². The molecule has 1 amide bonds. The molecule has 2 aliphatic heterocycles. The Morgan fingerprint density at radius 3 is 2.88 bits per heavy atom. The largest absolute Gasteiger partial charge is 0.381 e. The third-order valence-corrected chi connectivity index (χ3v) is 5.70. The normalized spacial score (nSPS) is 24.8. The first-order chi connectivity index (χ1) is 12.6. The summed E-state index contributed by atoms with van der Waals surface area (Å²) in [7, 11) is 1.90. The van der Waals surface area contributed by atoms with E-state index in [1.807, 2.05) is 34.8 Å². The number of rotatable bonds is 3. The molecule has 4 rings (SSSR count). The lowest BCUT2D eigenvalue weighted by atomic mass is 9.81. The van der Waals surface area contributed by atoms with Gasteiger partial charge < -0.3 is 18.7 Å². The highest BCUT2D eigenvalue weighted by molar-refractivity contribution is 5.92. The first kappa shape index (κ1) is 17.3. The van der Waals surface area contributed by atoms with Gasteiger partial charge in [0, 0.05) is 50.9 Å². The van der Waals surface area contributed by atoms with E-state index in [1.165, 1.54) is 0 Å². The molecule has 0 saturated carbocycles. The van der Waals surface area contributed by atoms with Crippen LogP contribution in [0.4, 0.5) is 0 Å². The first-order valence-electron chi connectivity index (χ1n) is 9.39. The standard InChI is InChI=1S/C19H26N4O3/c1-19(18-20-16(26-21-18)14-6-11-25-12-7-14)8-4-10-23(13-19)17(24)15-5-3-9-22(15)2/h3,5,9,14H,4,6-8,10-13H2,1-2H3. The van der Waals surface area contributed by atoms with Crippen LogP contribution >= 0.6 is 0 Å². The maximum absolute atomic E-state index is 12.9. The molecule has 0 aromatic carbocycles. The summed E-state index contributed by atoms with van der Waals surface area (Å²) < 4.78 is 12.9. The Labute approximate surface area is 153 Å². The van der Waals surface area contributed by atoms with Crippen LogP contribution in [0, 0.1) is 0 Å². The van der Waals surface area contributed by atoms with Crippen molar-refractivity contribution in [1.29, 1.82) is 0 Å². The van der Waals surface area contributed by atoms with Crippen molar-refractivity contribution in [2.24, 2.45) is 7.05 Å². The van der Waals surface area contributed by atoms with Crippen LogP contribution in [-0.4, -0.2) is 51.8 Å². The molecule has 2 saturated heterocycles. The molecule has 0 bridgehead atoms. The molecule has 140 valence electrons. The number of nitrogens with zero attached hydrogens (tertiary/aromatic N) is 4. The predicted molar refractivity (Wildman–Crippen MR) is 95.0 cm³/mol. The molecule has 2 fully saturated rings. The Morgan fingerprint density at radius 1 is 1.35 bits per heavy atom. The fourth-order valence-corrected chi connectivity index (χ4v) is 4.03. The van der Waals surface area contributed by atoms with Gasteiger partial charge in [-0.3, -0.25) is 4.79 Å². The van der Waals surface area contributed by atoms with Crippen LogP contribution in [0.15, 0.2) is 22.9 Å². The average Bonchev–Trinajstić information content (AvgIpc) is 3.31. The van der Waals surface area contributed by atoms with E-state index in [9.17, 15) is 4.79 Å². The number of hydrogen-bond donors (Lipinski definition) is 0. The molecule has 0 N–H and O–H groups in total. The van der Waals surface area contributed by atoms with Gasteiger partial charge in [0.25, 0.3) is 5.91 Å². The third kappa shape index (κ3) is 3.16. The summed E-state index contributed by atoms with van der Waals surface area (Å²) in [5, 5.41) is 4.29. The second-order valence-electron chi connectivity index (χ2n) is 7.74. The van der Waals surface area contributed by atoms with Gasteiger partial charge >= 0.3 is 0 Å². The molecule has 4 heterocycles. The van der Waals surface area contributed by atoms with Gasteiger partial charge in [0.05, 0.1) is 0 Å². The van der Waals surface area contributed by atoms with Gasteiger partial charge in [0.2, 0.25) is 5.89 Å². The Kier molecular flexibility index (Phi) is 4.56. The Balaban J connectivity index is 1.51. The highest BCUT2D eigenvalue weighted by atomic mass is 16.5. The van der Waals surface area contributed by atoms with Crippen molar-refractivity contribution < 1.29 is 14.1 Å². The van der Waals surface area contributed by atoms with E-state index in [1.54, 1.807) is 0 Å². The lowest BCUT2D eigenvalue weighted by molar-refractivity contribution is 0.0632. The maximum Gasteiger partial charge on any atom is 0.270 e. The van der Waals surface area contributed by atoms with E-state index in [2.05, 4.69) is 12.1 Å². The number of piperidine rings is 1. The van der Waals surface area contributed by atoms with Crippen molar-refractivity contribution in [3.63, 3.8) is 0 Å². The molecule has 2 aromatic heterocycles. The van der Waals surface area contributed by atoms with Crippen LogP contribution in [0.3, 0.4) is 0 Å². The van der Waals surface area contributed by atoms with Crippen molar-refractivity contribution in [3.8, 4) is 0 Å². The van der Waals surface area contributed by atoms with Gasteiger partial charge in [-0.1, -0.05) is 12.1 Å². The zero-order chi connectivity index (χ0) is 18.1. The molecular formula is C19H26N4O3. The van der Waals surface area contributed by atoms with Crippen LogP contribution in [0.1, 0.15) is 60.7 Å². The van der Waals surface area contributed by atoms with Crippen LogP contribution in [-0.2, 0) is 17.2 Å². The molecule has 0 spiro atoms. The first-order valence-corrected chi connectivity index (χ1v) is 9.39. The van der Waals surface area contributed by atoms with Crippen LogP contribution in [0.2, 0.25) is 0 Å². The smallest absolute Gasteiger partial charge is 0.270 e. The number of carbonyl (C=O) groups excluding carboxylic acids is 1. The van der Waals surface area contributed by atoms with Crippen LogP contribution in [0.5, 0.6) is 0 Å². The highest BCUT2D eigenvalue weighted by Gasteiger charge is 2.39. The molecular weight excluding hydrogens is 332 g/mol. The quantitative estimate of drug-likeness (QED) is 0.843. The van der Waals surface area contributed by atoms with Crippen molar-refractivity contribution in [3.05, 3.63) is 35.7 Å². The van der Waals surface area contributed by atoms with E-state index >= 15 is 0 Å². The molecule has 1 atom stereocenters. The van der Waals surface area contributed by atoms with Crippen molar-refractivity contribution in [2.75, 3.05) is 26.3 Å². The summed E-state index contributed by atoms with van der Waals surface area (Å²) in [6.45, 7) is 5.02. The second kappa shape index (κ2) is 6.87. The number of ether oxygens (including phenoxy) is 1. The van der Waals surface area contributed by atoms with Crippen LogP contribution in [0.25, 0.3) is 0 Å². The monoisotopic (exact) mass is 358 g/mol. The zero-order valence-electron chi connectivity index (χ0n) is 15.5. The van der Waals surface area contributed by atoms with Gasteiger partial charge in [-0.05, 0) is 37.8 Å².